The van der Waals surface area contributed by atoms with Crippen LogP contribution in [0.25, 0.3) is 11.3 Å². The van der Waals surface area contributed by atoms with Crippen LogP contribution in [0.2, 0.25) is 0 Å². The maximum atomic E-state index is 12.2. The zero-order chi connectivity index (χ0) is 15.6. The summed E-state index contributed by atoms with van der Waals surface area (Å²) < 4.78 is 7.46. The molecule has 1 N–H and O–H groups in total. The van der Waals surface area contributed by atoms with E-state index in [0.29, 0.717) is 17.5 Å². The largest absolute Gasteiger partial charge is 0.355 e. The number of hydrogen-bond donors (Lipinski definition) is 1. The highest BCUT2D eigenvalue weighted by atomic mass is 16.5. The molecule has 5 heteroatoms. The molecule has 1 aliphatic carbocycles. The zero-order valence-corrected chi connectivity index (χ0v) is 12.6. The van der Waals surface area contributed by atoms with Gasteiger partial charge in [0.15, 0.2) is 11.5 Å². The third kappa shape index (κ3) is 2.77. The van der Waals surface area contributed by atoms with Crippen LogP contribution in [-0.2, 0) is 0 Å². The summed E-state index contributed by atoms with van der Waals surface area (Å²) in [7, 11) is 0. The molecule has 116 valence electrons. The van der Waals surface area contributed by atoms with Gasteiger partial charge in [0, 0.05) is 36.1 Å². The summed E-state index contributed by atoms with van der Waals surface area (Å²) in [5.41, 5.74) is 1.24. The lowest BCUT2D eigenvalue weighted by atomic mass is 9.86. The molecule has 3 aromatic rings. The van der Waals surface area contributed by atoms with Gasteiger partial charge in [0.2, 0.25) is 0 Å². The van der Waals surface area contributed by atoms with Gasteiger partial charge in [0.05, 0.1) is 0 Å². The Morgan fingerprint density at radius 3 is 2.61 bits per heavy atom. The molecule has 0 aliphatic heterocycles. The number of carbonyl (C=O) groups excluding carboxylic acids is 1. The molecule has 1 fully saturated rings. The lowest BCUT2D eigenvalue weighted by Gasteiger charge is -2.36. The van der Waals surface area contributed by atoms with Crippen LogP contribution in [-0.4, -0.2) is 21.7 Å². The van der Waals surface area contributed by atoms with E-state index in [1.165, 1.54) is 0 Å². The molecule has 5 nitrogen and oxygen atoms in total. The van der Waals surface area contributed by atoms with Gasteiger partial charge in [-0.2, -0.15) is 0 Å². The Bertz CT molecular complexity index is 787. The molecule has 1 aromatic carbocycles. The fourth-order valence-electron chi connectivity index (χ4n) is 2.92. The van der Waals surface area contributed by atoms with E-state index in [-0.39, 0.29) is 11.9 Å². The quantitative estimate of drug-likeness (QED) is 0.804. The number of benzene rings is 1. The molecule has 1 amide bonds. The minimum atomic E-state index is -0.174. The number of carbonyl (C=O) groups is 1. The molecule has 0 unspecified atom stereocenters. The van der Waals surface area contributed by atoms with E-state index in [0.717, 1.165) is 18.4 Å². The summed E-state index contributed by atoms with van der Waals surface area (Å²) in [5, 5.41) is 6.90. The molecule has 2 heterocycles. The topological polar surface area (TPSA) is 60.1 Å². The van der Waals surface area contributed by atoms with Gasteiger partial charge in [0.25, 0.3) is 5.91 Å². The second-order valence-corrected chi connectivity index (χ2v) is 5.87. The van der Waals surface area contributed by atoms with Crippen molar-refractivity contribution in [2.75, 3.05) is 0 Å². The molecule has 1 aliphatic rings. The van der Waals surface area contributed by atoms with E-state index in [4.69, 9.17) is 4.52 Å². The van der Waals surface area contributed by atoms with Gasteiger partial charge >= 0.3 is 0 Å². The van der Waals surface area contributed by atoms with Crippen molar-refractivity contribution >= 4 is 5.91 Å². The lowest BCUT2D eigenvalue weighted by molar-refractivity contribution is 0.0884. The number of nitrogens with one attached hydrogen (secondary N) is 1. The van der Waals surface area contributed by atoms with Crippen molar-refractivity contribution in [1.29, 1.82) is 0 Å². The Kier molecular flexibility index (Phi) is 3.46. The highest BCUT2D eigenvalue weighted by Gasteiger charge is 2.31. The van der Waals surface area contributed by atoms with Crippen LogP contribution in [0.5, 0.6) is 0 Å². The minimum absolute atomic E-state index is 0.174. The zero-order valence-electron chi connectivity index (χ0n) is 12.6. The summed E-state index contributed by atoms with van der Waals surface area (Å²) in [6.45, 7) is 0. The first-order valence-electron chi connectivity index (χ1n) is 7.75. The van der Waals surface area contributed by atoms with Crippen LogP contribution in [0.1, 0.15) is 29.4 Å². The van der Waals surface area contributed by atoms with E-state index >= 15 is 0 Å². The molecule has 0 bridgehead atoms. The second kappa shape index (κ2) is 5.76. The second-order valence-electron chi connectivity index (χ2n) is 5.87. The lowest BCUT2D eigenvalue weighted by Crippen LogP contribution is -2.44. The maximum Gasteiger partial charge on any atom is 0.273 e. The van der Waals surface area contributed by atoms with Gasteiger partial charge in [-0.15, -0.1) is 0 Å². The van der Waals surface area contributed by atoms with Gasteiger partial charge in [-0.3, -0.25) is 4.79 Å². The van der Waals surface area contributed by atoms with Gasteiger partial charge in [-0.25, -0.2) is 0 Å². The van der Waals surface area contributed by atoms with Crippen molar-refractivity contribution in [2.24, 2.45) is 0 Å². The minimum Gasteiger partial charge on any atom is -0.355 e. The van der Waals surface area contributed by atoms with Crippen LogP contribution in [0, 0.1) is 0 Å². The van der Waals surface area contributed by atoms with Crippen molar-refractivity contribution in [3.05, 3.63) is 66.6 Å². The van der Waals surface area contributed by atoms with Gasteiger partial charge in [0.1, 0.15) is 0 Å². The number of nitrogens with zero attached hydrogens (tertiary/aromatic N) is 2. The average Bonchev–Trinajstić information content (AvgIpc) is 3.22. The molecule has 0 atom stereocenters. The summed E-state index contributed by atoms with van der Waals surface area (Å²) in [5.74, 6) is 0.432. The first-order valence-corrected chi connectivity index (χ1v) is 7.75. The summed E-state index contributed by atoms with van der Waals surface area (Å²) in [4.78, 5) is 12.2. The summed E-state index contributed by atoms with van der Waals surface area (Å²) >= 11 is 0. The Labute approximate surface area is 133 Å². The summed E-state index contributed by atoms with van der Waals surface area (Å²) in [6.07, 6.45) is 6.02. The normalized spacial score (nSPS) is 20.0. The van der Waals surface area contributed by atoms with Crippen LogP contribution in [0.4, 0.5) is 0 Å². The van der Waals surface area contributed by atoms with Crippen LogP contribution >= 0.6 is 0 Å². The first-order chi connectivity index (χ1) is 11.3. The Morgan fingerprint density at radius 1 is 1.13 bits per heavy atom. The fourth-order valence-corrected chi connectivity index (χ4v) is 2.92. The highest BCUT2D eigenvalue weighted by molar-refractivity contribution is 5.93. The molecular weight excluding hydrogens is 290 g/mol. The van der Waals surface area contributed by atoms with Gasteiger partial charge < -0.3 is 14.4 Å². The average molecular weight is 307 g/mol. The number of hydrogen-bond acceptors (Lipinski definition) is 3. The fraction of sp³-hybridized carbons (Fsp3) is 0.222. The molecule has 0 radical (unpaired) electrons. The number of aromatic nitrogens is 2. The van der Waals surface area contributed by atoms with Crippen molar-refractivity contribution in [1.82, 2.24) is 15.0 Å². The number of amides is 1. The van der Waals surface area contributed by atoms with E-state index in [1.807, 2.05) is 42.5 Å². The van der Waals surface area contributed by atoms with E-state index in [9.17, 15) is 4.79 Å². The van der Waals surface area contributed by atoms with Gasteiger partial charge in [-0.05, 0) is 25.0 Å². The molecule has 0 spiro atoms. The predicted molar refractivity (Wildman–Crippen MR) is 85.9 cm³/mol. The van der Waals surface area contributed by atoms with E-state index in [1.54, 1.807) is 6.07 Å². The monoisotopic (exact) mass is 307 g/mol. The van der Waals surface area contributed by atoms with Crippen molar-refractivity contribution in [3.8, 4) is 11.3 Å². The Hall–Kier alpha value is -2.82. The molecule has 0 saturated heterocycles. The van der Waals surface area contributed by atoms with Crippen LogP contribution < -0.4 is 5.32 Å². The van der Waals surface area contributed by atoms with Crippen molar-refractivity contribution in [3.63, 3.8) is 0 Å². The standard InChI is InChI=1S/C18H17N3O2/c22-18(19-14-10-15(11-14)21-8-4-5-9-21)16-12-17(23-20-16)13-6-2-1-3-7-13/h1-9,12,14-15H,10-11H2,(H,19,22)/t14-,15-. The Morgan fingerprint density at radius 2 is 1.87 bits per heavy atom. The van der Waals surface area contributed by atoms with Crippen molar-refractivity contribution < 1.29 is 9.32 Å². The third-order valence-corrected chi connectivity index (χ3v) is 4.30. The summed E-state index contributed by atoms with van der Waals surface area (Å²) in [6, 6.07) is 16.0. The molecule has 23 heavy (non-hydrogen) atoms. The molecular formula is C18H17N3O2. The third-order valence-electron chi connectivity index (χ3n) is 4.30. The van der Waals surface area contributed by atoms with Gasteiger partial charge in [-0.1, -0.05) is 35.5 Å². The van der Waals surface area contributed by atoms with E-state index in [2.05, 4.69) is 27.4 Å². The van der Waals surface area contributed by atoms with E-state index < -0.39 is 0 Å². The smallest absolute Gasteiger partial charge is 0.273 e. The molecule has 2 aromatic heterocycles. The maximum absolute atomic E-state index is 12.2. The molecule has 4 rings (SSSR count). The van der Waals surface area contributed by atoms with Crippen LogP contribution in [0.3, 0.4) is 0 Å². The molecule has 1 saturated carbocycles. The van der Waals surface area contributed by atoms with Crippen LogP contribution in [0.15, 0.2) is 65.4 Å². The first kappa shape index (κ1) is 13.8. The predicted octanol–water partition coefficient (Wildman–Crippen LogP) is 3.28. The Balaban J connectivity index is 1.36. The number of rotatable bonds is 4. The van der Waals surface area contributed by atoms with Crippen molar-refractivity contribution in [2.45, 2.75) is 24.9 Å². The SMILES string of the molecule is O=C(N[C@H]1C[C@H](n2cccc2)C1)c1cc(-c2ccccc2)on1. The highest BCUT2D eigenvalue weighted by Crippen LogP contribution is 2.32.